The molecule has 1 amide bonds. The van der Waals surface area contributed by atoms with Gasteiger partial charge < -0.3 is 20.1 Å². The van der Waals surface area contributed by atoms with Crippen LogP contribution in [0.4, 0.5) is 5.69 Å². The standard InChI is InChI=1S/C18H21ClN2O3/c1-12(21-14-6-9-17(24-3)16(19)10-14)18(22)20-11-13-4-7-15(23-2)8-5-13/h4-10,12,21H,11H2,1-3H3,(H,20,22)/t12-/m1/s1. The highest BCUT2D eigenvalue weighted by Gasteiger charge is 2.13. The van der Waals surface area contributed by atoms with Gasteiger partial charge in [-0.05, 0) is 42.8 Å². The minimum atomic E-state index is -0.396. The van der Waals surface area contributed by atoms with Gasteiger partial charge >= 0.3 is 0 Å². The third-order valence-corrected chi connectivity index (χ3v) is 3.85. The van der Waals surface area contributed by atoms with Gasteiger partial charge in [0.2, 0.25) is 5.91 Å². The number of halogens is 1. The second-order valence-electron chi connectivity index (χ2n) is 5.28. The lowest BCUT2D eigenvalue weighted by atomic mass is 10.2. The number of ether oxygens (including phenoxy) is 2. The Labute approximate surface area is 146 Å². The van der Waals surface area contributed by atoms with Crippen LogP contribution in [-0.4, -0.2) is 26.2 Å². The molecule has 0 saturated heterocycles. The van der Waals surface area contributed by atoms with E-state index in [4.69, 9.17) is 21.1 Å². The summed E-state index contributed by atoms with van der Waals surface area (Å²) in [4.78, 5) is 12.2. The zero-order valence-electron chi connectivity index (χ0n) is 13.9. The summed E-state index contributed by atoms with van der Waals surface area (Å²) >= 11 is 6.08. The summed E-state index contributed by atoms with van der Waals surface area (Å²) in [6.45, 7) is 2.25. The molecule has 2 aromatic rings. The molecule has 0 aliphatic heterocycles. The summed E-state index contributed by atoms with van der Waals surface area (Å²) in [5.74, 6) is 1.29. The van der Waals surface area contributed by atoms with Crippen LogP contribution in [-0.2, 0) is 11.3 Å². The second kappa shape index (κ2) is 8.45. The molecule has 24 heavy (non-hydrogen) atoms. The second-order valence-corrected chi connectivity index (χ2v) is 5.69. The fourth-order valence-electron chi connectivity index (χ4n) is 2.16. The van der Waals surface area contributed by atoms with E-state index >= 15 is 0 Å². The average Bonchev–Trinajstić information content (AvgIpc) is 2.60. The molecule has 2 N–H and O–H groups in total. The van der Waals surface area contributed by atoms with Gasteiger partial charge in [-0.1, -0.05) is 23.7 Å². The van der Waals surface area contributed by atoms with Gasteiger partial charge in [-0.3, -0.25) is 4.79 Å². The van der Waals surface area contributed by atoms with Crippen molar-refractivity contribution in [3.05, 3.63) is 53.1 Å². The quantitative estimate of drug-likeness (QED) is 0.804. The lowest BCUT2D eigenvalue weighted by molar-refractivity contribution is -0.121. The Kier molecular flexibility index (Phi) is 6.32. The third kappa shape index (κ3) is 4.80. The summed E-state index contributed by atoms with van der Waals surface area (Å²) < 4.78 is 10.2. The zero-order valence-corrected chi connectivity index (χ0v) is 14.7. The first-order valence-corrected chi connectivity index (χ1v) is 7.92. The zero-order chi connectivity index (χ0) is 17.5. The van der Waals surface area contributed by atoms with Gasteiger partial charge in [0.15, 0.2) is 0 Å². The summed E-state index contributed by atoms with van der Waals surface area (Å²) in [5, 5.41) is 6.50. The molecule has 0 radical (unpaired) electrons. The summed E-state index contributed by atoms with van der Waals surface area (Å²) in [6, 6.07) is 12.5. The van der Waals surface area contributed by atoms with Crippen molar-refractivity contribution >= 4 is 23.2 Å². The topological polar surface area (TPSA) is 59.6 Å². The Morgan fingerprint density at radius 2 is 1.83 bits per heavy atom. The van der Waals surface area contributed by atoms with Gasteiger partial charge in [-0.15, -0.1) is 0 Å². The Morgan fingerprint density at radius 3 is 2.42 bits per heavy atom. The van der Waals surface area contributed by atoms with Crippen LogP contribution in [0.15, 0.2) is 42.5 Å². The minimum Gasteiger partial charge on any atom is -0.497 e. The van der Waals surface area contributed by atoms with Gasteiger partial charge in [0.25, 0.3) is 0 Å². The predicted octanol–water partition coefficient (Wildman–Crippen LogP) is 3.47. The number of anilines is 1. The van der Waals surface area contributed by atoms with E-state index in [9.17, 15) is 4.79 Å². The highest BCUT2D eigenvalue weighted by molar-refractivity contribution is 6.32. The molecule has 5 nitrogen and oxygen atoms in total. The van der Waals surface area contributed by atoms with Gasteiger partial charge in [0, 0.05) is 12.2 Å². The molecule has 6 heteroatoms. The largest absolute Gasteiger partial charge is 0.497 e. The van der Waals surface area contributed by atoms with E-state index in [1.807, 2.05) is 30.3 Å². The van der Waals surface area contributed by atoms with Gasteiger partial charge in [-0.2, -0.15) is 0 Å². The molecule has 0 aromatic heterocycles. The lowest BCUT2D eigenvalue weighted by Gasteiger charge is -2.16. The van der Waals surface area contributed by atoms with Crippen LogP contribution in [0, 0.1) is 0 Å². The van der Waals surface area contributed by atoms with Crippen LogP contribution in [0.3, 0.4) is 0 Å². The Balaban J connectivity index is 1.88. The number of amides is 1. The molecule has 2 aromatic carbocycles. The SMILES string of the molecule is COc1ccc(CNC(=O)[C@@H](C)Nc2ccc(OC)c(Cl)c2)cc1. The summed E-state index contributed by atoms with van der Waals surface area (Å²) in [5.41, 5.74) is 1.76. The van der Waals surface area contributed by atoms with Crippen molar-refractivity contribution in [3.63, 3.8) is 0 Å². The number of nitrogens with one attached hydrogen (secondary N) is 2. The Hall–Kier alpha value is -2.40. The van der Waals surface area contributed by atoms with Crippen LogP contribution < -0.4 is 20.1 Å². The number of rotatable bonds is 7. The first kappa shape index (κ1) is 17.9. The molecule has 0 bridgehead atoms. The van der Waals surface area contributed by atoms with E-state index < -0.39 is 6.04 Å². The summed E-state index contributed by atoms with van der Waals surface area (Å²) in [6.07, 6.45) is 0. The van der Waals surface area contributed by atoms with E-state index in [-0.39, 0.29) is 5.91 Å². The molecule has 0 fully saturated rings. The van der Waals surface area contributed by atoms with E-state index in [0.717, 1.165) is 17.0 Å². The average molecular weight is 349 g/mol. The fourth-order valence-corrected chi connectivity index (χ4v) is 2.42. The fraction of sp³-hybridized carbons (Fsp3) is 0.278. The number of hydrogen-bond donors (Lipinski definition) is 2. The number of methoxy groups -OCH3 is 2. The molecule has 0 aliphatic carbocycles. The van der Waals surface area contributed by atoms with Gasteiger partial charge in [0.05, 0.1) is 19.2 Å². The molecular formula is C18H21ClN2O3. The number of hydrogen-bond acceptors (Lipinski definition) is 4. The predicted molar refractivity (Wildman–Crippen MR) is 95.9 cm³/mol. The molecule has 128 valence electrons. The van der Waals surface area contributed by atoms with Crippen LogP contribution in [0.2, 0.25) is 5.02 Å². The molecule has 0 spiro atoms. The molecular weight excluding hydrogens is 328 g/mol. The lowest BCUT2D eigenvalue weighted by Crippen LogP contribution is -2.37. The van der Waals surface area contributed by atoms with Crippen molar-refractivity contribution in [3.8, 4) is 11.5 Å². The normalized spacial score (nSPS) is 11.5. The summed E-state index contributed by atoms with van der Waals surface area (Å²) in [7, 11) is 3.18. The van der Waals surface area contributed by atoms with Crippen molar-refractivity contribution in [2.45, 2.75) is 19.5 Å². The van der Waals surface area contributed by atoms with E-state index in [1.165, 1.54) is 0 Å². The van der Waals surface area contributed by atoms with Crippen molar-refractivity contribution in [2.75, 3.05) is 19.5 Å². The molecule has 0 heterocycles. The van der Waals surface area contributed by atoms with Crippen LogP contribution in [0.5, 0.6) is 11.5 Å². The van der Waals surface area contributed by atoms with Crippen LogP contribution in [0.1, 0.15) is 12.5 Å². The molecule has 0 unspecified atom stereocenters. The Bertz CT molecular complexity index is 689. The van der Waals surface area contributed by atoms with Crippen molar-refractivity contribution in [1.82, 2.24) is 5.32 Å². The minimum absolute atomic E-state index is 0.0993. The highest BCUT2D eigenvalue weighted by atomic mass is 35.5. The van der Waals surface area contributed by atoms with Gasteiger partial charge in [-0.25, -0.2) is 0 Å². The maximum absolute atomic E-state index is 12.2. The van der Waals surface area contributed by atoms with E-state index in [1.54, 1.807) is 33.3 Å². The maximum atomic E-state index is 12.2. The number of carbonyl (C=O) groups is 1. The Morgan fingerprint density at radius 1 is 1.12 bits per heavy atom. The molecule has 0 saturated carbocycles. The van der Waals surface area contributed by atoms with Crippen molar-refractivity contribution < 1.29 is 14.3 Å². The molecule has 0 aliphatic rings. The maximum Gasteiger partial charge on any atom is 0.242 e. The molecule has 2 rings (SSSR count). The number of benzene rings is 2. The van der Waals surface area contributed by atoms with Crippen LogP contribution in [0.25, 0.3) is 0 Å². The highest BCUT2D eigenvalue weighted by Crippen LogP contribution is 2.27. The van der Waals surface area contributed by atoms with Crippen LogP contribution >= 0.6 is 11.6 Å². The molecule has 1 atom stereocenters. The smallest absolute Gasteiger partial charge is 0.242 e. The van der Waals surface area contributed by atoms with Crippen molar-refractivity contribution in [1.29, 1.82) is 0 Å². The first-order chi connectivity index (χ1) is 11.5. The van der Waals surface area contributed by atoms with Crippen molar-refractivity contribution in [2.24, 2.45) is 0 Å². The van der Waals surface area contributed by atoms with Gasteiger partial charge in [0.1, 0.15) is 17.5 Å². The third-order valence-electron chi connectivity index (χ3n) is 3.55. The van der Waals surface area contributed by atoms with E-state index in [2.05, 4.69) is 10.6 Å². The first-order valence-electron chi connectivity index (χ1n) is 7.54. The monoisotopic (exact) mass is 348 g/mol. The number of carbonyl (C=O) groups excluding carboxylic acids is 1. The van der Waals surface area contributed by atoms with E-state index in [0.29, 0.717) is 17.3 Å².